The van der Waals surface area contributed by atoms with Gasteiger partial charge < -0.3 is 9.72 Å². The Labute approximate surface area is 126 Å². The molecule has 0 amide bonds. The molecule has 0 saturated carbocycles. The lowest BCUT2D eigenvalue weighted by atomic mass is 10.2. The van der Waals surface area contributed by atoms with Crippen LogP contribution in [0.15, 0.2) is 58.5 Å². The molecule has 3 rings (SSSR count). The second kappa shape index (κ2) is 6.01. The summed E-state index contributed by atoms with van der Waals surface area (Å²) >= 11 is 1.50. The van der Waals surface area contributed by atoms with Crippen LogP contribution < -0.4 is 10.3 Å². The highest BCUT2D eigenvalue weighted by molar-refractivity contribution is 7.98. The average Bonchev–Trinajstić information content (AvgIpc) is 2.53. The smallest absolute Gasteiger partial charge is 0.259 e. The summed E-state index contributed by atoms with van der Waals surface area (Å²) in [7, 11) is 1.65. The Balaban J connectivity index is 1.83. The van der Waals surface area contributed by atoms with Crippen molar-refractivity contribution in [2.24, 2.45) is 0 Å². The van der Waals surface area contributed by atoms with Crippen LogP contribution in [0.4, 0.5) is 0 Å². The summed E-state index contributed by atoms with van der Waals surface area (Å²) in [5.41, 5.74) is 1.73. The Morgan fingerprint density at radius 3 is 2.90 bits per heavy atom. The summed E-state index contributed by atoms with van der Waals surface area (Å²) in [5, 5.41) is 1.24. The van der Waals surface area contributed by atoms with Gasteiger partial charge in [-0.1, -0.05) is 36.0 Å². The molecule has 2 aromatic carbocycles. The third-order valence-electron chi connectivity index (χ3n) is 3.10. The highest BCUT2D eigenvalue weighted by Crippen LogP contribution is 2.22. The van der Waals surface area contributed by atoms with Crippen molar-refractivity contribution in [3.05, 3.63) is 64.4 Å². The number of rotatable bonds is 4. The Hall–Kier alpha value is -2.27. The maximum absolute atomic E-state index is 12.0. The largest absolute Gasteiger partial charge is 0.497 e. The molecule has 0 unspecified atom stereocenters. The van der Waals surface area contributed by atoms with E-state index >= 15 is 0 Å². The van der Waals surface area contributed by atoms with Crippen molar-refractivity contribution >= 4 is 22.7 Å². The fourth-order valence-corrected chi connectivity index (χ4v) is 2.86. The number of thioether (sulfide) groups is 1. The number of aromatic amines is 1. The fourth-order valence-electron chi connectivity index (χ4n) is 2.05. The molecule has 4 nitrogen and oxygen atoms in total. The van der Waals surface area contributed by atoms with E-state index < -0.39 is 0 Å². The van der Waals surface area contributed by atoms with Crippen molar-refractivity contribution in [3.63, 3.8) is 0 Å². The molecule has 0 radical (unpaired) electrons. The topological polar surface area (TPSA) is 55.0 Å². The predicted molar refractivity (Wildman–Crippen MR) is 84.9 cm³/mol. The SMILES string of the molecule is COc1cccc(CSc2nc3ccccc3c(=O)[nH]2)c1. The molecule has 0 fully saturated rings. The van der Waals surface area contributed by atoms with Crippen LogP contribution in [0.25, 0.3) is 10.9 Å². The molecule has 1 aromatic heterocycles. The van der Waals surface area contributed by atoms with Crippen molar-refractivity contribution in [2.45, 2.75) is 10.9 Å². The zero-order valence-electron chi connectivity index (χ0n) is 11.5. The monoisotopic (exact) mass is 298 g/mol. The molecular weight excluding hydrogens is 284 g/mol. The van der Waals surface area contributed by atoms with E-state index in [9.17, 15) is 4.79 Å². The summed E-state index contributed by atoms with van der Waals surface area (Å²) in [6.45, 7) is 0. The number of nitrogens with one attached hydrogen (secondary N) is 1. The highest BCUT2D eigenvalue weighted by atomic mass is 32.2. The van der Waals surface area contributed by atoms with Crippen LogP contribution in [-0.4, -0.2) is 17.1 Å². The zero-order chi connectivity index (χ0) is 14.7. The van der Waals surface area contributed by atoms with Gasteiger partial charge in [0.25, 0.3) is 5.56 Å². The molecule has 0 atom stereocenters. The normalized spacial score (nSPS) is 10.7. The molecule has 0 spiro atoms. The predicted octanol–water partition coefficient (Wildman–Crippen LogP) is 3.22. The van der Waals surface area contributed by atoms with Crippen molar-refractivity contribution in [1.29, 1.82) is 0 Å². The van der Waals surface area contributed by atoms with Crippen molar-refractivity contribution in [2.75, 3.05) is 7.11 Å². The van der Waals surface area contributed by atoms with Crippen molar-refractivity contribution in [3.8, 4) is 5.75 Å². The first-order valence-electron chi connectivity index (χ1n) is 6.51. The standard InChI is InChI=1S/C16H14N2O2S/c1-20-12-6-4-5-11(9-12)10-21-16-17-14-8-3-2-7-13(14)15(19)18-16/h2-9H,10H2,1H3,(H,17,18,19). The summed E-state index contributed by atoms with van der Waals surface area (Å²) in [5.74, 6) is 1.55. The second-order valence-corrected chi connectivity index (χ2v) is 5.49. The summed E-state index contributed by atoms with van der Waals surface area (Å²) in [4.78, 5) is 19.3. The van der Waals surface area contributed by atoms with Crippen LogP contribution in [0.3, 0.4) is 0 Å². The molecule has 21 heavy (non-hydrogen) atoms. The van der Waals surface area contributed by atoms with E-state index in [0.29, 0.717) is 10.5 Å². The molecule has 0 bridgehead atoms. The number of methoxy groups -OCH3 is 1. The molecule has 1 heterocycles. The van der Waals surface area contributed by atoms with Gasteiger partial charge in [-0.15, -0.1) is 0 Å². The van der Waals surface area contributed by atoms with E-state index in [4.69, 9.17) is 4.74 Å². The number of H-pyrrole nitrogens is 1. The highest BCUT2D eigenvalue weighted by Gasteiger charge is 2.04. The molecule has 0 aliphatic heterocycles. The first-order valence-corrected chi connectivity index (χ1v) is 7.49. The van der Waals surface area contributed by atoms with Gasteiger partial charge in [0.2, 0.25) is 0 Å². The zero-order valence-corrected chi connectivity index (χ0v) is 12.3. The summed E-state index contributed by atoms with van der Waals surface area (Å²) in [6, 6.07) is 15.2. The lowest BCUT2D eigenvalue weighted by Crippen LogP contribution is -2.08. The number of ether oxygens (including phenoxy) is 1. The number of fused-ring (bicyclic) bond motifs is 1. The Morgan fingerprint density at radius 2 is 2.05 bits per heavy atom. The number of benzene rings is 2. The van der Waals surface area contributed by atoms with Gasteiger partial charge in [0.1, 0.15) is 5.75 Å². The maximum Gasteiger partial charge on any atom is 0.259 e. The summed E-state index contributed by atoms with van der Waals surface area (Å²) in [6.07, 6.45) is 0. The van der Waals surface area contributed by atoms with E-state index in [1.54, 1.807) is 13.2 Å². The minimum Gasteiger partial charge on any atom is -0.497 e. The number of hydrogen-bond acceptors (Lipinski definition) is 4. The van der Waals surface area contributed by atoms with Gasteiger partial charge in [-0.2, -0.15) is 0 Å². The van der Waals surface area contributed by atoms with Crippen LogP contribution in [0.5, 0.6) is 5.75 Å². The van der Waals surface area contributed by atoms with E-state index in [1.165, 1.54) is 11.8 Å². The molecule has 5 heteroatoms. The molecular formula is C16H14N2O2S. The van der Waals surface area contributed by atoms with Crippen LogP contribution in [-0.2, 0) is 5.75 Å². The lowest BCUT2D eigenvalue weighted by molar-refractivity contribution is 0.414. The number of para-hydroxylation sites is 1. The van der Waals surface area contributed by atoms with Crippen LogP contribution in [0.1, 0.15) is 5.56 Å². The Bertz CT molecular complexity index is 830. The van der Waals surface area contributed by atoms with Gasteiger partial charge in [-0.05, 0) is 29.8 Å². The van der Waals surface area contributed by atoms with Crippen molar-refractivity contribution < 1.29 is 4.74 Å². The van der Waals surface area contributed by atoms with E-state index in [0.717, 1.165) is 22.6 Å². The first kappa shape index (κ1) is 13.7. The second-order valence-electron chi connectivity index (χ2n) is 4.53. The van der Waals surface area contributed by atoms with Crippen LogP contribution >= 0.6 is 11.8 Å². The molecule has 0 aliphatic rings. The van der Waals surface area contributed by atoms with Gasteiger partial charge in [0, 0.05) is 5.75 Å². The molecule has 0 aliphatic carbocycles. The van der Waals surface area contributed by atoms with Gasteiger partial charge in [0.05, 0.1) is 18.0 Å². The summed E-state index contributed by atoms with van der Waals surface area (Å²) < 4.78 is 5.20. The number of aromatic nitrogens is 2. The first-order chi connectivity index (χ1) is 10.3. The third kappa shape index (κ3) is 3.08. The van der Waals surface area contributed by atoms with Gasteiger partial charge in [-0.3, -0.25) is 4.79 Å². The number of nitrogens with zero attached hydrogens (tertiary/aromatic N) is 1. The molecule has 0 saturated heterocycles. The minimum atomic E-state index is -0.103. The Morgan fingerprint density at radius 1 is 1.19 bits per heavy atom. The Kier molecular flexibility index (Phi) is 3.92. The van der Waals surface area contributed by atoms with E-state index in [-0.39, 0.29) is 5.56 Å². The van der Waals surface area contributed by atoms with Crippen LogP contribution in [0.2, 0.25) is 0 Å². The maximum atomic E-state index is 12.0. The molecule has 106 valence electrons. The molecule has 3 aromatic rings. The van der Waals surface area contributed by atoms with E-state index in [2.05, 4.69) is 9.97 Å². The van der Waals surface area contributed by atoms with E-state index in [1.807, 2.05) is 42.5 Å². The minimum absolute atomic E-state index is 0.103. The van der Waals surface area contributed by atoms with Crippen LogP contribution in [0, 0.1) is 0 Å². The third-order valence-corrected chi connectivity index (χ3v) is 4.05. The number of hydrogen-bond donors (Lipinski definition) is 1. The van der Waals surface area contributed by atoms with Gasteiger partial charge >= 0.3 is 0 Å². The average molecular weight is 298 g/mol. The molecule has 1 N–H and O–H groups in total. The van der Waals surface area contributed by atoms with Gasteiger partial charge in [0.15, 0.2) is 5.16 Å². The van der Waals surface area contributed by atoms with Crippen molar-refractivity contribution in [1.82, 2.24) is 9.97 Å². The lowest BCUT2D eigenvalue weighted by Gasteiger charge is -2.05. The van der Waals surface area contributed by atoms with Gasteiger partial charge in [-0.25, -0.2) is 4.98 Å². The quantitative estimate of drug-likeness (QED) is 0.593. The fraction of sp³-hybridized carbons (Fsp3) is 0.125.